The second-order valence-corrected chi connectivity index (χ2v) is 4.96. The second kappa shape index (κ2) is 5.39. The number of hydrogen-bond donors (Lipinski definition) is 1. The summed E-state index contributed by atoms with van der Waals surface area (Å²) in [5.74, 6) is -0.162. The number of aromatic nitrogens is 1. The van der Waals surface area contributed by atoms with Crippen LogP contribution in [0, 0.1) is 26.6 Å². The van der Waals surface area contributed by atoms with Gasteiger partial charge in [-0.3, -0.25) is 4.98 Å². The first-order chi connectivity index (χ1) is 8.97. The van der Waals surface area contributed by atoms with E-state index in [9.17, 15) is 4.39 Å². The van der Waals surface area contributed by atoms with Gasteiger partial charge in [0.2, 0.25) is 0 Å². The number of pyridine rings is 1. The van der Waals surface area contributed by atoms with Gasteiger partial charge in [-0.05, 0) is 57.0 Å². The number of nitrogens with one attached hydrogen (secondary N) is 1. The van der Waals surface area contributed by atoms with E-state index in [-0.39, 0.29) is 11.9 Å². The summed E-state index contributed by atoms with van der Waals surface area (Å²) < 4.78 is 13.6. The Kier molecular flexibility index (Phi) is 3.84. The number of anilines is 1. The molecular formula is C16H19FN2. The molecule has 1 atom stereocenters. The summed E-state index contributed by atoms with van der Waals surface area (Å²) in [4.78, 5) is 4.42. The van der Waals surface area contributed by atoms with Crippen molar-refractivity contribution in [2.24, 2.45) is 0 Å². The normalized spacial score (nSPS) is 12.3. The first-order valence-corrected chi connectivity index (χ1v) is 6.44. The van der Waals surface area contributed by atoms with Crippen molar-refractivity contribution in [2.75, 3.05) is 5.32 Å². The molecule has 2 nitrogen and oxygen atoms in total. The Morgan fingerprint density at radius 1 is 1.11 bits per heavy atom. The lowest BCUT2D eigenvalue weighted by Gasteiger charge is -2.17. The molecule has 0 aliphatic carbocycles. The van der Waals surface area contributed by atoms with Crippen LogP contribution in [-0.4, -0.2) is 4.98 Å². The number of halogens is 1. The third-order valence-electron chi connectivity index (χ3n) is 3.29. The van der Waals surface area contributed by atoms with E-state index < -0.39 is 0 Å². The Morgan fingerprint density at radius 2 is 1.84 bits per heavy atom. The Balaban J connectivity index is 2.20. The molecule has 0 radical (unpaired) electrons. The van der Waals surface area contributed by atoms with Crippen LogP contribution in [0.3, 0.4) is 0 Å². The van der Waals surface area contributed by atoms with Gasteiger partial charge in [-0.1, -0.05) is 12.1 Å². The lowest BCUT2D eigenvalue weighted by molar-refractivity contribution is 0.614. The van der Waals surface area contributed by atoms with E-state index in [0.29, 0.717) is 5.56 Å². The van der Waals surface area contributed by atoms with Crippen LogP contribution in [-0.2, 0) is 0 Å². The van der Waals surface area contributed by atoms with Gasteiger partial charge in [0.05, 0.1) is 11.4 Å². The molecule has 1 unspecified atom stereocenters. The molecular weight excluding hydrogens is 239 g/mol. The van der Waals surface area contributed by atoms with Crippen LogP contribution in [0.2, 0.25) is 0 Å². The standard InChI is InChI=1S/C16H19FN2/c1-10-5-7-14(9-15(10)17)12(3)19-16-8-6-11(2)18-13(16)4/h5-9,12,19H,1-4H3. The molecule has 0 amide bonds. The summed E-state index contributed by atoms with van der Waals surface area (Å²) in [7, 11) is 0. The average molecular weight is 258 g/mol. The van der Waals surface area contributed by atoms with E-state index in [1.165, 1.54) is 0 Å². The van der Waals surface area contributed by atoms with E-state index >= 15 is 0 Å². The molecule has 2 rings (SSSR count). The molecule has 0 fully saturated rings. The largest absolute Gasteiger partial charge is 0.377 e. The van der Waals surface area contributed by atoms with Crippen LogP contribution in [0.4, 0.5) is 10.1 Å². The van der Waals surface area contributed by atoms with E-state index in [4.69, 9.17) is 0 Å². The van der Waals surface area contributed by atoms with Crippen LogP contribution in [0.25, 0.3) is 0 Å². The Labute approximate surface area is 113 Å². The van der Waals surface area contributed by atoms with Gasteiger partial charge in [0.25, 0.3) is 0 Å². The van der Waals surface area contributed by atoms with Crippen molar-refractivity contribution in [3.8, 4) is 0 Å². The molecule has 3 heteroatoms. The minimum absolute atomic E-state index is 0.0401. The van der Waals surface area contributed by atoms with Gasteiger partial charge in [0.15, 0.2) is 0 Å². The molecule has 1 N–H and O–H groups in total. The van der Waals surface area contributed by atoms with Gasteiger partial charge in [-0.2, -0.15) is 0 Å². The fraction of sp³-hybridized carbons (Fsp3) is 0.312. The van der Waals surface area contributed by atoms with Crippen molar-refractivity contribution < 1.29 is 4.39 Å². The van der Waals surface area contributed by atoms with E-state index in [1.54, 1.807) is 13.0 Å². The van der Waals surface area contributed by atoms with Gasteiger partial charge in [-0.25, -0.2) is 4.39 Å². The maximum atomic E-state index is 13.6. The third-order valence-corrected chi connectivity index (χ3v) is 3.29. The summed E-state index contributed by atoms with van der Waals surface area (Å²) in [6, 6.07) is 9.37. The minimum atomic E-state index is -0.162. The van der Waals surface area contributed by atoms with Gasteiger partial charge in [0, 0.05) is 11.7 Å². The second-order valence-electron chi connectivity index (χ2n) is 4.96. The smallest absolute Gasteiger partial charge is 0.126 e. The maximum absolute atomic E-state index is 13.6. The van der Waals surface area contributed by atoms with E-state index in [0.717, 1.165) is 22.6 Å². The average Bonchev–Trinajstić information content (AvgIpc) is 2.36. The quantitative estimate of drug-likeness (QED) is 0.887. The van der Waals surface area contributed by atoms with E-state index in [1.807, 2.05) is 45.0 Å². The first kappa shape index (κ1) is 13.5. The molecule has 100 valence electrons. The molecule has 2 aromatic rings. The molecule has 0 spiro atoms. The highest BCUT2D eigenvalue weighted by molar-refractivity contribution is 5.49. The van der Waals surface area contributed by atoms with Crippen molar-refractivity contribution in [2.45, 2.75) is 33.7 Å². The topological polar surface area (TPSA) is 24.9 Å². The zero-order valence-electron chi connectivity index (χ0n) is 11.8. The van der Waals surface area contributed by atoms with Gasteiger partial charge in [0.1, 0.15) is 5.82 Å². The molecule has 0 saturated heterocycles. The number of rotatable bonds is 3. The zero-order valence-corrected chi connectivity index (χ0v) is 11.8. The van der Waals surface area contributed by atoms with Crippen molar-refractivity contribution in [1.29, 1.82) is 0 Å². The van der Waals surface area contributed by atoms with Crippen molar-refractivity contribution in [1.82, 2.24) is 4.98 Å². The van der Waals surface area contributed by atoms with Crippen LogP contribution < -0.4 is 5.32 Å². The van der Waals surface area contributed by atoms with Crippen LogP contribution >= 0.6 is 0 Å². The summed E-state index contributed by atoms with van der Waals surface area (Å²) in [5, 5.41) is 3.37. The van der Waals surface area contributed by atoms with Crippen molar-refractivity contribution in [3.05, 3.63) is 58.7 Å². The van der Waals surface area contributed by atoms with Crippen molar-refractivity contribution >= 4 is 5.69 Å². The fourth-order valence-electron chi connectivity index (χ4n) is 2.03. The highest BCUT2D eigenvalue weighted by Gasteiger charge is 2.09. The molecule has 1 heterocycles. The first-order valence-electron chi connectivity index (χ1n) is 6.44. The SMILES string of the molecule is Cc1ccc(NC(C)c2ccc(C)c(F)c2)c(C)n1. The maximum Gasteiger partial charge on any atom is 0.126 e. The van der Waals surface area contributed by atoms with Gasteiger partial charge < -0.3 is 5.32 Å². The van der Waals surface area contributed by atoms with Crippen LogP contribution in [0.5, 0.6) is 0 Å². The monoisotopic (exact) mass is 258 g/mol. The molecule has 19 heavy (non-hydrogen) atoms. The molecule has 0 aliphatic heterocycles. The Bertz CT molecular complexity index is 593. The summed E-state index contributed by atoms with van der Waals surface area (Å²) in [6.45, 7) is 7.72. The highest BCUT2D eigenvalue weighted by Crippen LogP contribution is 2.22. The fourth-order valence-corrected chi connectivity index (χ4v) is 2.03. The molecule has 0 bridgehead atoms. The summed E-state index contributed by atoms with van der Waals surface area (Å²) in [6.07, 6.45) is 0. The number of hydrogen-bond acceptors (Lipinski definition) is 2. The Hall–Kier alpha value is -1.90. The third kappa shape index (κ3) is 3.11. The van der Waals surface area contributed by atoms with Crippen LogP contribution in [0.1, 0.15) is 35.5 Å². The highest BCUT2D eigenvalue weighted by atomic mass is 19.1. The van der Waals surface area contributed by atoms with Gasteiger partial charge >= 0.3 is 0 Å². The summed E-state index contributed by atoms with van der Waals surface area (Å²) >= 11 is 0. The van der Waals surface area contributed by atoms with E-state index in [2.05, 4.69) is 10.3 Å². The minimum Gasteiger partial charge on any atom is -0.377 e. The van der Waals surface area contributed by atoms with Crippen LogP contribution in [0.15, 0.2) is 30.3 Å². The molecule has 0 aliphatic rings. The van der Waals surface area contributed by atoms with Gasteiger partial charge in [-0.15, -0.1) is 0 Å². The number of nitrogens with zero attached hydrogens (tertiary/aromatic N) is 1. The predicted molar refractivity (Wildman–Crippen MR) is 76.9 cm³/mol. The predicted octanol–water partition coefficient (Wildman–Crippen LogP) is 4.32. The van der Waals surface area contributed by atoms with Crippen molar-refractivity contribution in [3.63, 3.8) is 0 Å². The molecule has 1 aromatic carbocycles. The molecule has 1 aromatic heterocycles. The number of aryl methyl sites for hydroxylation is 3. The molecule has 0 saturated carbocycles. The lowest BCUT2D eigenvalue weighted by atomic mass is 10.1. The number of benzene rings is 1. The summed E-state index contributed by atoms with van der Waals surface area (Å²) in [5.41, 5.74) is 4.54. The zero-order chi connectivity index (χ0) is 14.0. The lowest BCUT2D eigenvalue weighted by Crippen LogP contribution is -2.09. The Morgan fingerprint density at radius 3 is 2.47 bits per heavy atom.